The van der Waals surface area contributed by atoms with Crippen molar-refractivity contribution in [1.29, 1.82) is 0 Å². The largest absolute Gasteiger partial charge is 0.494 e. The van der Waals surface area contributed by atoms with Crippen LogP contribution >= 0.6 is 0 Å². The minimum Gasteiger partial charge on any atom is -0.494 e. The second kappa shape index (κ2) is 9.82. The van der Waals surface area contributed by atoms with E-state index in [4.69, 9.17) is 14.5 Å². The number of rotatable bonds is 6. The number of fused-ring (bicyclic) bond motifs is 4. The molecular weight excluding hydrogens is 548 g/mol. The molecule has 0 radical (unpaired) electrons. The lowest BCUT2D eigenvalue weighted by Gasteiger charge is -2.27. The molecule has 3 atom stereocenters. The van der Waals surface area contributed by atoms with E-state index in [0.29, 0.717) is 35.7 Å². The lowest BCUT2D eigenvalue weighted by molar-refractivity contribution is -0.122. The fourth-order valence-electron chi connectivity index (χ4n) is 6.73. The molecule has 4 heterocycles. The highest BCUT2D eigenvalue weighted by Crippen LogP contribution is 2.40. The molecule has 0 unspecified atom stereocenters. The van der Waals surface area contributed by atoms with Crippen LogP contribution in [0.2, 0.25) is 0 Å². The van der Waals surface area contributed by atoms with E-state index in [1.807, 2.05) is 23.9 Å². The van der Waals surface area contributed by atoms with Crippen LogP contribution in [0.3, 0.4) is 0 Å². The number of nitrogens with one attached hydrogen (secondary N) is 1. The fourth-order valence-corrected chi connectivity index (χ4v) is 6.73. The van der Waals surface area contributed by atoms with Crippen molar-refractivity contribution in [2.45, 2.75) is 64.3 Å². The van der Waals surface area contributed by atoms with Gasteiger partial charge < -0.3 is 28.8 Å². The summed E-state index contributed by atoms with van der Waals surface area (Å²) in [4.78, 5) is 50.7. The summed E-state index contributed by atoms with van der Waals surface area (Å²) in [6, 6.07) is 8.37. The number of amides is 2. The Balaban J connectivity index is 1.23. The van der Waals surface area contributed by atoms with Crippen LogP contribution in [0.5, 0.6) is 5.75 Å². The van der Waals surface area contributed by atoms with Gasteiger partial charge in [0.2, 0.25) is 0 Å². The van der Waals surface area contributed by atoms with E-state index in [1.54, 1.807) is 44.9 Å². The van der Waals surface area contributed by atoms with Gasteiger partial charge in [0, 0.05) is 49.6 Å². The summed E-state index contributed by atoms with van der Waals surface area (Å²) in [7, 11) is 3.53. The number of hydrogen-bond acceptors (Lipinski definition) is 7. The molecule has 3 aliphatic rings. The quantitative estimate of drug-likeness (QED) is 0.358. The number of hydrogen-bond donors (Lipinski definition) is 1. The van der Waals surface area contributed by atoms with E-state index in [0.717, 1.165) is 34.6 Å². The molecule has 1 N–H and O–H groups in total. The average Bonchev–Trinajstić information content (AvgIpc) is 3.36. The van der Waals surface area contributed by atoms with Crippen molar-refractivity contribution in [3.05, 3.63) is 42.1 Å². The molecule has 4 aromatic rings. The van der Waals surface area contributed by atoms with Crippen LogP contribution in [-0.4, -0.2) is 73.1 Å². The normalized spacial score (nSPS) is 21.7. The minimum atomic E-state index is -0.739. The Hall–Kier alpha value is -4.41. The number of nitrogens with zero attached hydrogens (tertiary/aromatic N) is 5. The second-order valence-corrected chi connectivity index (χ2v) is 13.0. The maximum atomic E-state index is 13.9. The van der Waals surface area contributed by atoms with Crippen molar-refractivity contribution in [1.82, 2.24) is 29.3 Å². The number of imidazole rings is 1. The van der Waals surface area contributed by atoms with E-state index in [9.17, 15) is 14.4 Å². The smallest absolute Gasteiger partial charge is 0.407 e. The van der Waals surface area contributed by atoms with Crippen molar-refractivity contribution in [3.8, 4) is 17.3 Å². The van der Waals surface area contributed by atoms with E-state index >= 15 is 0 Å². The van der Waals surface area contributed by atoms with Gasteiger partial charge in [0.05, 0.1) is 24.4 Å². The molecule has 11 nitrogen and oxygen atoms in total. The molecule has 43 heavy (non-hydrogen) atoms. The van der Waals surface area contributed by atoms with Gasteiger partial charge >= 0.3 is 6.09 Å². The molecule has 2 aliphatic carbocycles. The highest BCUT2D eigenvalue weighted by atomic mass is 16.6. The van der Waals surface area contributed by atoms with Crippen LogP contribution in [0.1, 0.15) is 50.4 Å². The van der Waals surface area contributed by atoms with Gasteiger partial charge in [-0.2, -0.15) is 0 Å². The molecule has 11 heteroatoms. The molecule has 1 aliphatic heterocycles. The highest BCUT2D eigenvalue weighted by molar-refractivity contribution is 6.04. The zero-order valence-corrected chi connectivity index (χ0v) is 25.1. The molecule has 1 aromatic carbocycles. The number of ketones is 1. The third kappa shape index (κ3) is 4.71. The number of Topliss-reactive ketones (excluding diaryl/α,β-unsaturated/α-hetero) is 1. The van der Waals surface area contributed by atoms with Crippen molar-refractivity contribution in [3.63, 3.8) is 0 Å². The lowest BCUT2D eigenvalue weighted by Crippen LogP contribution is -2.49. The predicted molar refractivity (Wildman–Crippen MR) is 160 cm³/mol. The van der Waals surface area contributed by atoms with Crippen LogP contribution in [0.4, 0.5) is 4.79 Å². The molecule has 2 saturated carbocycles. The van der Waals surface area contributed by atoms with Crippen molar-refractivity contribution >= 4 is 39.9 Å². The molecule has 224 valence electrons. The summed E-state index contributed by atoms with van der Waals surface area (Å²) in [5.41, 5.74) is 3.00. The molecule has 2 amide bonds. The van der Waals surface area contributed by atoms with Crippen molar-refractivity contribution in [2.75, 3.05) is 13.7 Å². The van der Waals surface area contributed by atoms with E-state index < -0.39 is 23.8 Å². The molecule has 0 spiro atoms. The average molecular weight is 585 g/mol. The van der Waals surface area contributed by atoms with E-state index in [1.165, 1.54) is 12.8 Å². The maximum Gasteiger partial charge on any atom is 0.407 e. The van der Waals surface area contributed by atoms with Gasteiger partial charge in [-0.25, -0.2) is 14.8 Å². The van der Waals surface area contributed by atoms with Crippen LogP contribution in [-0.2, 0) is 23.1 Å². The van der Waals surface area contributed by atoms with Crippen LogP contribution < -0.4 is 10.1 Å². The summed E-state index contributed by atoms with van der Waals surface area (Å²) in [5.74, 6) is 1.39. The van der Waals surface area contributed by atoms with E-state index in [2.05, 4.69) is 27.0 Å². The second-order valence-electron chi connectivity index (χ2n) is 13.0. The molecule has 3 aromatic heterocycles. The number of likely N-dealkylation sites (tertiary alicyclic amines) is 1. The van der Waals surface area contributed by atoms with E-state index in [-0.39, 0.29) is 17.6 Å². The summed E-state index contributed by atoms with van der Waals surface area (Å²) >= 11 is 0. The van der Waals surface area contributed by atoms with Gasteiger partial charge in [0.15, 0.2) is 11.6 Å². The van der Waals surface area contributed by atoms with Gasteiger partial charge in [0.25, 0.3) is 5.91 Å². The number of methoxy groups -OCH3 is 1. The molecule has 1 saturated heterocycles. The Morgan fingerprint density at radius 2 is 1.95 bits per heavy atom. The van der Waals surface area contributed by atoms with Gasteiger partial charge in [0.1, 0.15) is 28.6 Å². The predicted octanol–water partition coefficient (Wildman–Crippen LogP) is 4.32. The summed E-state index contributed by atoms with van der Waals surface area (Å²) < 4.78 is 15.5. The number of carbonyl (C=O) groups is 3. The topological polar surface area (TPSA) is 121 Å². The monoisotopic (exact) mass is 584 g/mol. The molecule has 3 fully saturated rings. The van der Waals surface area contributed by atoms with Gasteiger partial charge in [-0.15, -0.1) is 0 Å². The number of piperidine rings is 1. The minimum absolute atomic E-state index is 0.0593. The number of carbonyl (C=O) groups excluding carboxylic acids is 3. The first kappa shape index (κ1) is 27.4. The zero-order valence-electron chi connectivity index (χ0n) is 25.1. The number of alkyl carbamates (subject to hydrolysis) is 1. The number of benzene rings is 1. The summed E-state index contributed by atoms with van der Waals surface area (Å²) in [5, 5.41) is 3.91. The molecule has 7 rings (SSSR count). The third-order valence-electron chi connectivity index (χ3n) is 8.78. The van der Waals surface area contributed by atoms with Crippen LogP contribution in [0, 0.1) is 11.8 Å². The first-order valence-corrected chi connectivity index (χ1v) is 14.8. The van der Waals surface area contributed by atoms with Crippen molar-refractivity contribution < 1.29 is 23.9 Å². The van der Waals surface area contributed by atoms with Gasteiger partial charge in [-0.3, -0.25) is 9.59 Å². The fraction of sp³-hybridized carbons (Fsp3) is 0.469. The number of aromatic nitrogens is 4. The van der Waals surface area contributed by atoms with Crippen molar-refractivity contribution in [2.24, 2.45) is 18.9 Å². The third-order valence-corrected chi connectivity index (χ3v) is 8.78. The van der Waals surface area contributed by atoms with Crippen LogP contribution in [0.15, 0.2) is 36.5 Å². The highest BCUT2D eigenvalue weighted by Gasteiger charge is 2.55. The summed E-state index contributed by atoms with van der Waals surface area (Å²) in [6.45, 7) is 6.61. The lowest BCUT2D eigenvalue weighted by atomic mass is 10.1. The standard InChI is InChI=1S/C32H36N6O5/c1-32(2,3)43-31(41)35-25-20-13-23(39)27(25)38(16-20)30(40)19-11-21-26(24(14-19)42-5)36(4)29(34-21)22-12-18-7-6-10-33-28(18)37(22)15-17-8-9-17/h6-7,10-12,14,17,20,25,27H,8-9,13,15-16H2,1-5H3,(H,35,41)/t20-,25-,27-/m1/s1. The molecular formula is C32H36N6O5. The molecule has 2 bridgehead atoms. The van der Waals surface area contributed by atoms with Gasteiger partial charge in [-0.1, -0.05) is 0 Å². The number of aryl methyl sites for hydroxylation is 1. The number of pyridine rings is 1. The SMILES string of the molecule is COc1cc(C(=O)N2C[C@H]3CC(=O)[C@@H]2[C@@H]3NC(=O)OC(C)(C)C)cc2nc(-c3cc4cccnc4n3CC3CC3)n(C)c12. The Labute approximate surface area is 249 Å². The van der Waals surface area contributed by atoms with Crippen LogP contribution in [0.25, 0.3) is 33.6 Å². The van der Waals surface area contributed by atoms with Gasteiger partial charge in [-0.05, 0) is 69.9 Å². The Morgan fingerprint density at radius 3 is 2.67 bits per heavy atom. The summed E-state index contributed by atoms with van der Waals surface area (Å²) in [6.07, 6.45) is 3.97. The Bertz CT molecular complexity index is 1800. The number of ether oxygens (including phenoxy) is 2. The Morgan fingerprint density at radius 1 is 1.16 bits per heavy atom. The first-order valence-electron chi connectivity index (χ1n) is 14.8. The Kier molecular flexibility index (Phi) is 6.26. The zero-order chi connectivity index (χ0) is 30.2. The maximum absolute atomic E-state index is 13.9. The first-order chi connectivity index (χ1) is 20.5.